The Bertz CT molecular complexity index is 657. The number of hydrogen-bond acceptors (Lipinski definition) is 4. The second-order valence-electron chi connectivity index (χ2n) is 9.13. The smallest absolute Gasteiger partial charge is 0.191 e. The van der Waals surface area contributed by atoms with E-state index in [1.807, 2.05) is 7.05 Å². The Labute approximate surface area is 183 Å². The van der Waals surface area contributed by atoms with Crippen LogP contribution in [0.4, 0.5) is 0 Å². The molecule has 30 heavy (non-hydrogen) atoms. The second kappa shape index (κ2) is 12.3. The van der Waals surface area contributed by atoms with Crippen molar-refractivity contribution >= 4 is 5.96 Å². The van der Waals surface area contributed by atoms with Crippen LogP contribution in [0.2, 0.25) is 0 Å². The van der Waals surface area contributed by atoms with Crippen molar-refractivity contribution in [3.63, 3.8) is 0 Å². The molecule has 3 rings (SSSR count). The number of piperidine rings is 1. The van der Waals surface area contributed by atoms with E-state index in [2.05, 4.69) is 63.5 Å². The molecule has 2 N–H and O–H groups in total. The highest BCUT2D eigenvalue weighted by Crippen LogP contribution is 2.17. The van der Waals surface area contributed by atoms with E-state index in [9.17, 15) is 0 Å². The van der Waals surface area contributed by atoms with Gasteiger partial charge in [0.1, 0.15) is 0 Å². The molecule has 0 aliphatic carbocycles. The quantitative estimate of drug-likeness (QED) is 0.505. The van der Waals surface area contributed by atoms with Gasteiger partial charge in [-0.3, -0.25) is 9.89 Å². The number of guanidine groups is 1. The van der Waals surface area contributed by atoms with Crippen LogP contribution in [0.5, 0.6) is 0 Å². The molecule has 1 atom stereocenters. The molecule has 2 saturated heterocycles. The van der Waals surface area contributed by atoms with Crippen LogP contribution in [-0.4, -0.2) is 75.3 Å². The van der Waals surface area contributed by atoms with Crippen LogP contribution in [0.1, 0.15) is 37.8 Å². The highest BCUT2D eigenvalue weighted by molar-refractivity contribution is 5.79. The number of hydrogen-bond donors (Lipinski definition) is 2. The Morgan fingerprint density at radius 3 is 2.60 bits per heavy atom. The van der Waals surface area contributed by atoms with E-state index < -0.39 is 0 Å². The van der Waals surface area contributed by atoms with Gasteiger partial charge in [-0.15, -0.1) is 0 Å². The summed E-state index contributed by atoms with van der Waals surface area (Å²) in [6, 6.07) is 8.73. The predicted molar refractivity (Wildman–Crippen MR) is 125 cm³/mol. The first kappa shape index (κ1) is 23.0. The topological polar surface area (TPSA) is 52.1 Å². The Morgan fingerprint density at radius 2 is 1.87 bits per heavy atom. The number of likely N-dealkylation sites (tertiary alicyclic amines) is 1. The average molecular weight is 416 g/mol. The van der Waals surface area contributed by atoms with Crippen LogP contribution < -0.4 is 10.6 Å². The van der Waals surface area contributed by atoms with E-state index in [0.717, 1.165) is 57.8 Å². The number of benzene rings is 1. The molecular weight excluding hydrogens is 374 g/mol. The molecule has 1 aromatic carbocycles. The first-order valence-corrected chi connectivity index (χ1v) is 11.7. The summed E-state index contributed by atoms with van der Waals surface area (Å²) < 4.78 is 5.48. The van der Waals surface area contributed by atoms with Gasteiger partial charge < -0.3 is 20.3 Å². The Balaban J connectivity index is 1.46. The molecule has 2 aliphatic rings. The minimum Gasteiger partial charge on any atom is -0.379 e. The Hall–Kier alpha value is -1.63. The van der Waals surface area contributed by atoms with Crippen LogP contribution in [0, 0.1) is 11.8 Å². The maximum absolute atomic E-state index is 5.48. The minimum absolute atomic E-state index is 0.699. The van der Waals surface area contributed by atoms with Gasteiger partial charge in [-0.25, -0.2) is 0 Å². The summed E-state index contributed by atoms with van der Waals surface area (Å²) in [5.74, 6) is 2.34. The first-order chi connectivity index (χ1) is 14.6. The lowest BCUT2D eigenvalue weighted by Crippen LogP contribution is -2.45. The van der Waals surface area contributed by atoms with Gasteiger partial charge in [-0.1, -0.05) is 38.1 Å². The Morgan fingerprint density at radius 1 is 1.10 bits per heavy atom. The van der Waals surface area contributed by atoms with Crippen LogP contribution >= 0.6 is 0 Å². The number of morpholine rings is 1. The van der Waals surface area contributed by atoms with Crippen molar-refractivity contribution in [2.24, 2.45) is 16.8 Å². The average Bonchev–Trinajstić information content (AvgIpc) is 2.75. The molecule has 0 aromatic heterocycles. The molecular formula is C24H41N5O. The fourth-order valence-electron chi connectivity index (χ4n) is 4.53. The van der Waals surface area contributed by atoms with Crippen molar-refractivity contribution in [3.8, 4) is 0 Å². The van der Waals surface area contributed by atoms with Crippen LogP contribution in [0.25, 0.3) is 0 Å². The molecule has 1 unspecified atom stereocenters. The molecule has 0 saturated carbocycles. The standard InChI is InChI=1S/C24H41N5O/c1-20(2)17-29-10-6-7-21(18-29)15-26-24(25-3)27-16-22-8-4-5-9-23(22)19-28-11-13-30-14-12-28/h4-5,8-9,20-21H,6-7,10-19H2,1-3H3,(H2,25,26,27). The lowest BCUT2D eigenvalue weighted by Gasteiger charge is -2.34. The SMILES string of the molecule is CN=C(NCc1ccccc1CN1CCOCC1)NCC1CCCN(CC(C)C)C1. The fraction of sp³-hybridized carbons (Fsp3) is 0.708. The third-order valence-corrected chi connectivity index (χ3v) is 6.07. The third kappa shape index (κ3) is 7.56. The molecule has 2 aliphatic heterocycles. The van der Waals surface area contributed by atoms with E-state index in [4.69, 9.17) is 4.74 Å². The maximum Gasteiger partial charge on any atom is 0.191 e. The minimum atomic E-state index is 0.699. The van der Waals surface area contributed by atoms with Crippen molar-refractivity contribution in [1.82, 2.24) is 20.4 Å². The van der Waals surface area contributed by atoms with Gasteiger partial charge in [0, 0.05) is 52.9 Å². The molecule has 2 fully saturated rings. The van der Waals surface area contributed by atoms with E-state index >= 15 is 0 Å². The molecule has 6 nitrogen and oxygen atoms in total. The molecule has 2 heterocycles. The largest absolute Gasteiger partial charge is 0.379 e. The third-order valence-electron chi connectivity index (χ3n) is 6.07. The second-order valence-corrected chi connectivity index (χ2v) is 9.13. The van der Waals surface area contributed by atoms with E-state index in [1.165, 1.54) is 43.6 Å². The molecule has 0 bridgehead atoms. The zero-order valence-electron chi connectivity index (χ0n) is 19.2. The van der Waals surface area contributed by atoms with Crippen molar-refractivity contribution < 1.29 is 4.74 Å². The molecule has 1 aromatic rings. The highest BCUT2D eigenvalue weighted by Gasteiger charge is 2.20. The summed E-state index contributed by atoms with van der Waals surface area (Å²) in [5.41, 5.74) is 2.73. The van der Waals surface area contributed by atoms with E-state index in [-0.39, 0.29) is 0 Å². The molecule has 0 radical (unpaired) electrons. The lowest BCUT2D eigenvalue weighted by atomic mass is 9.97. The first-order valence-electron chi connectivity index (χ1n) is 11.7. The zero-order valence-corrected chi connectivity index (χ0v) is 19.2. The van der Waals surface area contributed by atoms with Crippen molar-refractivity contribution in [2.45, 2.75) is 39.8 Å². The van der Waals surface area contributed by atoms with Gasteiger partial charge in [0.2, 0.25) is 0 Å². The Kier molecular flexibility index (Phi) is 9.43. The van der Waals surface area contributed by atoms with Gasteiger partial charge in [0.25, 0.3) is 0 Å². The van der Waals surface area contributed by atoms with Crippen LogP contribution in [0.15, 0.2) is 29.3 Å². The van der Waals surface area contributed by atoms with Gasteiger partial charge >= 0.3 is 0 Å². The number of nitrogens with one attached hydrogen (secondary N) is 2. The summed E-state index contributed by atoms with van der Waals surface area (Å²) >= 11 is 0. The van der Waals surface area contributed by atoms with Crippen molar-refractivity contribution in [1.29, 1.82) is 0 Å². The number of nitrogens with zero attached hydrogens (tertiary/aromatic N) is 3. The van der Waals surface area contributed by atoms with Gasteiger partial charge in [-0.05, 0) is 42.3 Å². The molecule has 168 valence electrons. The van der Waals surface area contributed by atoms with Gasteiger partial charge in [0.05, 0.1) is 13.2 Å². The molecule has 0 amide bonds. The highest BCUT2D eigenvalue weighted by atomic mass is 16.5. The van der Waals surface area contributed by atoms with Gasteiger partial charge in [0.15, 0.2) is 5.96 Å². The predicted octanol–water partition coefficient (Wildman–Crippen LogP) is 2.55. The zero-order chi connectivity index (χ0) is 21.2. The summed E-state index contributed by atoms with van der Waals surface area (Å²) in [4.78, 5) is 9.55. The summed E-state index contributed by atoms with van der Waals surface area (Å²) in [6.45, 7) is 14.8. The summed E-state index contributed by atoms with van der Waals surface area (Å²) in [5, 5.41) is 7.10. The summed E-state index contributed by atoms with van der Waals surface area (Å²) in [7, 11) is 1.86. The maximum atomic E-state index is 5.48. The van der Waals surface area contributed by atoms with E-state index in [1.54, 1.807) is 0 Å². The van der Waals surface area contributed by atoms with E-state index in [0.29, 0.717) is 5.92 Å². The van der Waals surface area contributed by atoms with Crippen molar-refractivity contribution in [2.75, 3.05) is 59.5 Å². The lowest BCUT2D eigenvalue weighted by molar-refractivity contribution is 0.0341. The van der Waals surface area contributed by atoms with Crippen LogP contribution in [-0.2, 0) is 17.8 Å². The van der Waals surface area contributed by atoms with Gasteiger partial charge in [-0.2, -0.15) is 0 Å². The molecule has 0 spiro atoms. The fourth-order valence-corrected chi connectivity index (χ4v) is 4.53. The number of ether oxygens (including phenoxy) is 1. The summed E-state index contributed by atoms with van der Waals surface area (Å²) in [6.07, 6.45) is 2.61. The number of rotatable bonds is 8. The van der Waals surface area contributed by atoms with Crippen molar-refractivity contribution in [3.05, 3.63) is 35.4 Å². The number of aliphatic imine (C=N–C) groups is 1. The monoisotopic (exact) mass is 415 g/mol. The molecule has 6 heteroatoms. The normalized spacial score (nSPS) is 21.7. The van der Waals surface area contributed by atoms with Crippen LogP contribution in [0.3, 0.4) is 0 Å².